The molecule has 1 aliphatic rings. The Labute approximate surface area is 126 Å². The summed E-state index contributed by atoms with van der Waals surface area (Å²) in [6.45, 7) is 3.64. The molecule has 0 saturated carbocycles. The molecule has 0 aliphatic carbocycles. The van der Waals surface area contributed by atoms with Crippen molar-refractivity contribution in [2.75, 3.05) is 25.9 Å². The van der Waals surface area contributed by atoms with E-state index in [4.69, 9.17) is 4.42 Å². The highest BCUT2D eigenvalue weighted by atomic mass is 79.9. The van der Waals surface area contributed by atoms with E-state index in [0.29, 0.717) is 30.6 Å². The molecule has 0 spiro atoms. The van der Waals surface area contributed by atoms with Crippen LogP contribution in [0.5, 0.6) is 0 Å². The summed E-state index contributed by atoms with van der Waals surface area (Å²) < 4.78 is 32.4. The molecular formula is C11H17BrN2O3S2. The molecule has 5 nitrogen and oxygen atoms in total. The second-order valence-electron chi connectivity index (χ2n) is 4.43. The van der Waals surface area contributed by atoms with E-state index in [0.717, 1.165) is 5.75 Å². The number of nitrogens with zero attached hydrogens (tertiary/aromatic N) is 1. The Morgan fingerprint density at radius 1 is 1.63 bits per heavy atom. The largest absolute Gasteiger partial charge is 0.452 e. The molecule has 1 saturated heterocycles. The predicted molar refractivity (Wildman–Crippen MR) is 79.9 cm³/mol. The van der Waals surface area contributed by atoms with Gasteiger partial charge in [-0.2, -0.15) is 16.1 Å². The first-order valence-corrected chi connectivity index (χ1v) is 9.28. The van der Waals surface area contributed by atoms with Crippen molar-refractivity contribution in [1.29, 1.82) is 0 Å². The number of rotatable bonds is 4. The zero-order valence-corrected chi connectivity index (χ0v) is 14.1. The third-order valence-electron chi connectivity index (χ3n) is 2.88. The van der Waals surface area contributed by atoms with Gasteiger partial charge < -0.3 is 9.73 Å². The van der Waals surface area contributed by atoms with E-state index in [1.807, 2.05) is 6.92 Å². The number of sulfonamides is 1. The molecular weight excluding hydrogens is 352 g/mol. The molecule has 1 N–H and O–H groups in total. The van der Waals surface area contributed by atoms with E-state index in [1.54, 1.807) is 24.9 Å². The maximum absolute atomic E-state index is 12.6. The minimum atomic E-state index is -3.47. The van der Waals surface area contributed by atoms with Crippen LogP contribution in [-0.2, 0) is 16.6 Å². The molecule has 8 heteroatoms. The van der Waals surface area contributed by atoms with Crippen molar-refractivity contribution in [1.82, 2.24) is 9.62 Å². The Balaban J connectivity index is 2.28. The quantitative estimate of drug-likeness (QED) is 0.878. The van der Waals surface area contributed by atoms with Crippen molar-refractivity contribution in [3.05, 3.63) is 16.5 Å². The lowest BCUT2D eigenvalue weighted by Crippen LogP contribution is -2.40. The minimum absolute atomic E-state index is 0.219. The number of halogens is 1. The first-order chi connectivity index (χ1) is 8.95. The van der Waals surface area contributed by atoms with E-state index < -0.39 is 10.0 Å². The highest BCUT2D eigenvalue weighted by Gasteiger charge is 2.32. The summed E-state index contributed by atoms with van der Waals surface area (Å²) in [7, 11) is -1.69. The Morgan fingerprint density at radius 3 is 3.00 bits per heavy atom. The molecule has 2 heterocycles. The SMILES string of the molecule is CNCc1cc(S(=O)(=O)N2CCSC(C)C2)c(Br)o1. The molecule has 0 aromatic carbocycles. The molecule has 1 aromatic rings. The van der Waals surface area contributed by atoms with Crippen molar-refractivity contribution < 1.29 is 12.8 Å². The fraction of sp³-hybridized carbons (Fsp3) is 0.636. The van der Waals surface area contributed by atoms with Gasteiger partial charge >= 0.3 is 0 Å². The van der Waals surface area contributed by atoms with Crippen LogP contribution in [0, 0.1) is 0 Å². The molecule has 1 aromatic heterocycles. The summed E-state index contributed by atoms with van der Waals surface area (Å²) in [5.74, 6) is 1.44. The van der Waals surface area contributed by atoms with Crippen molar-refractivity contribution in [3.8, 4) is 0 Å². The van der Waals surface area contributed by atoms with Crippen LogP contribution >= 0.6 is 27.7 Å². The summed E-state index contributed by atoms with van der Waals surface area (Å²) in [6.07, 6.45) is 0. The molecule has 19 heavy (non-hydrogen) atoms. The molecule has 1 atom stereocenters. The number of furan rings is 1. The second-order valence-corrected chi connectivity index (χ2v) is 8.60. The van der Waals surface area contributed by atoms with Gasteiger partial charge in [-0.3, -0.25) is 0 Å². The van der Waals surface area contributed by atoms with Crippen LogP contribution in [0.3, 0.4) is 0 Å². The normalized spacial score (nSPS) is 21.7. The molecule has 2 rings (SSSR count). The Hall–Kier alpha value is -0.0200. The zero-order chi connectivity index (χ0) is 14.0. The van der Waals surface area contributed by atoms with Gasteiger partial charge in [0.25, 0.3) is 0 Å². The van der Waals surface area contributed by atoms with Crippen molar-refractivity contribution in [2.45, 2.75) is 23.6 Å². The summed E-state index contributed by atoms with van der Waals surface area (Å²) >= 11 is 5.00. The topological polar surface area (TPSA) is 62.6 Å². The molecule has 108 valence electrons. The summed E-state index contributed by atoms with van der Waals surface area (Å²) in [4.78, 5) is 0.219. The van der Waals surface area contributed by atoms with E-state index in [1.165, 1.54) is 4.31 Å². The van der Waals surface area contributed by atoms with Gasteiger partial charge in [0.1, 0.15) is 10.7 Å². The molecule has 0 bridgehead atoms. The van der Waals surface area contributed by atoms with Crippen LogP contribution in [0.4, 0.5) is 0 Å². The van der Waals surface area contributed by atoms with E-state index in [9.17, 15) is 8.42 Å². The number of hydrogen-bond acceptors (Lipinski definition) is 5. The highest BCUT2D eigenvalue weighted by Crippen LogP contribution is 2.31. The van der Waals surface area contributed by atoms with Gasteiger partial charge in [0.2, 0.25) is 10.0 Å². The average Bonchev–Trinajstić information content (AvgIpc) is 2.71. The van der Waals surface area contributed by atoms with Gasteiger partial charge in [-0.25, -0.2) is 8.42 Å². The molecule has 1 unspecified atom stereocenters. The molecule has 1 fully saturated rings. The van der Waals surface area contributed by atoms with Crippen LogP contribution in [0.1, 0.15) is 12.7 Å². The van der Waals surface area contributed by atoms with E-state index in [2.05, 4.69) is 21.2 Å². The van der Waals surface area contributed by atoms with Gasteiger partial charge in [-0.15, -0.1) is 0 Å². The Bertz CT molecular complexity index is 544. The standard InChI is InChI=1S/C11H17BrN2O3S2/c1-8-7-14(3-4-18-8)19(15,16)10-5-9(6-13-2)17-11(10)12/h5,8,13H,3-4,6-7H2,1-2H3. The smallest absolute Gasteiger partial charge is 0.247 e. The van der Waals surface area contributed by atoms with Gasteiger partial charge in [0, 0.05) is 30.2 Å². The van der Waals surface area contributed by atoms with Crippen molar-refractivity contribution in [2.24, 2.45) is 0 Å². The fourth-order valence-corrected chi connectivity index (χ4v) is 5.69. The predicted octanol–water partition coefficient (Wildman–Crippen LogP) is 1.89. The number of nitrogens with one attached hydrogen (secondary N) is 1. The minimum Gasteiger partial charge on any atom is -0.452 e. The maximum Gasteiger partial charge on any atom is 0.247 e. The summed E-state index contributed by atoms with van der Waals surface area (Å²) in [5, 5.41) is 3.26. The summed E-state index contributed by atoms with van der Waals surface area (Å²) in [6, 6.07) is 1.59. The second kappa shape index (κ2) is 6.17. The van der Waals surface area contributed by atoms with Crippen LogP contribution in [0.25, 0.3) is 0 Å². The lowest BCUT2D eigenvalue weighted by Gasteiger charge is -2.29. The van der Waals surface area contributed by atoms with E-state index >= 15 is 0 Å². The lowest BCUT2D eigenvalue weighted by molar-refractivity contribution is 0.421. The van der Waals surface area contributed by atoms with Crippen LogP contribution in [0.15, 0.2) is 20.0 Å². The van der Waals surface area contributed by atoms with Gasteiger partial charge in [0.15, 0.2) is 4.67 Å². The zero-order valence-electron chi connectivity index (χ0n) is 10.8. The van der Waals surface area contributed by atoms with Gasteiger partial charge in [-0.05, 0) is 23.0 Å². The van der Waals surface area contributed by atoms with Gasteiger partial charge in [-0.1, -0.05) is 6.92 Å². The van der Waals surface area contributed by atoms with Gasteiger partial charge in [0.05, 0.1) is 6.54 Å². The molecule has 1 aliphatic heterocycles. The maximum atomic E-state index is 12.6. The molecule has 0 radical (unpaired) electrons. The number of hydrogen-bond donors (Lipinski definition) is 1. The highest BCUT2D eigenvalue weighted by molar-refractivity contribution is 9.10. The first-order valence-electron chi connectivity index (χ1n) is 5.99. The molecule has 0 amide bonds. The van der Waals surface area contributed by atoms with Crippen LogP contribution in [-0.4, -0.2) is 43.9 Å². The van der Waals surface area contributed by atoms with E-state index in [-0.39, 0.29) is 9.56 Å². The fourth-order valence-electron chi connectivity index (χ4n) is 1.98. The summed E-state index contributed by atoms with van der Waals surface area (Å²) in [5.41, 5.74) is 0. The average molecular weight is 369 g/mol. The van der Waals surface area contributed by atoms with Crippen molar-refractivity contribution >= 4 is 37.7 Å². The lowest BCUT2D eigenvalue weighted by atomic mass is 10.4. The number of thioether (sulfide) groups is 1. The van der Waals surface area contributed by atoms with Crippen LogP contribution in [0.2, 0.25) is 0 Å². The monoisotopic (exact) mass is 368 g/mol. The van der Waals surface area contributed by atoms with Crippen molar-refractivity contribution in [3.63, 3.8) is 0 Å². The Kier molecular flexibility index (Phi) is 4.99. The Morgan fingerprint density at radius 2 is 2.37 bits per heavy atom. The third kappa shape index (κ3) is 3.36. The first kappa shape index (κ1) is 15.4. The third-order valence-corrected chi connectivity index (χ3v) is 6.74. The van der Waals surface area contributed by atoms with Crippen LogP contribution < -0.4 is 5.32 Å².